The molecular weight excluding hydrogens is 360 g/mol. The Kier molecular flexibility index (Phi) is 5.34. The van der Waals surface area contributed by atoms with E-state index in [0.717, 1.165) is 17.5 Å². The number of benzene rings is 3. The van der Waals surface area contributed by atoms with Crippen molar-refractivity contribution in [2.75, 3.05) is 5.01 Å². The Morgan fingerprint density at radius 3 is 2.24 bits per heavy atom. The molecule has 1 unspecified atom stereocenters. The first-order valence-corrected chi connectivity index (χ1v) is 9.81. The lowest BCUT2D eigenvalue weighted by molar-refractivity contribution is -0.128. The summed E-state index contributed by atoms with van der Waals surface area (Å²) >= 11 is 0. The zero-order valence-corrected chi connectivity index (χ0v) is 16.3. The summed E-state index contributed by atoms with van der Waals surface area (Å²) in [4.78, 5) is 26.5. The van der Waals surface area contributed by atoms with Gasteiger partial charge in [-0.15, -0.1) is 0 Å². The highest BCUT2D eigenvalue weighted by Crippen LogP contribution is 2.28. The van der Waals surface area contributed by atoms with E-state index < -0.39 is 5.92 Å². The van der Waals surface area contributed by atoms with E-state index in [1.54, 1.807) is 0 Å². The standard InChI is InChI=1S/C25H22N2O2/c1-2-18-10-9-11-19(16-18)17-22(28)23-24(20-12-5-3-6-13-20)26-27(25(23)29)21-14-7-4-8-15-21/h3-16,23H,2,17H2,1H3. The van der Waals surface area contributed by atoms with Crippen molar-refractivity contribution in [1.82, 2.24) is 0 Å². The number of hydrazone groups is 1. The molecule has 0 radical (unpaired) electrons. The zero-order valence-electron chi connectivity index (χ0n) is 16.3. The van der Waals surface area contributed by atoms with E-state index in [2.05, 4.69) is 12.0 Å². The number of nitrogens with zero attached hydrogens (tertiary/aromatic N) is 2. The molecule has 0 N–H and O–H groups in total. The predicted octanol–water partition coefficient (Wildman–Crippen LogP) is 4.43. The molecule has 4 heteroatoms. The topological polar surface area (TPSA) is 49.7 Å². The number of para-hydroxylation sites is 1. The van der Waals surface area contributed by atoms with Gasteiger partial charge in [0.25, 0.3) is 5.91 Å². The maximum absolute atomic E-state index is 13.3. The van der Waals surface area contributed by atoms with Crippen molar-refractivity contribution in [3.8, 4) is 0 Å². The number of aryl methyl sites for hydroxylation is 1. The van der Waals surface area contributed by atoms with Crippen molar-refractivity contribution < 1.29 is 9.59 Å². The highest BCUT2D eigenvalue weighted by Gasteiger charge is 2.41. The molecule has 1 amide bonds. The number of Topliss-reactive ketones (excluding diaryl/α,β-unsaturated/α-hetero) is 1. The van der Waals surface area contributed by atoms with Gasteiger partial charge in [0.1, 0.15) is 5.92 Å². The first-order valence-electron chi connectivity index (χ1n) is 9.81. The van der Waals surface area contributed by atoms with Crippen LogP contribution in [0.1, 0.15) is 23.6 Å². The molecule has 4 nitrogen and oxygen atoms in total. The van der Waals surface area contributed by atoms with Crippen LogP contribution in [0.3, 0.4) is 0 Å². The molecule has 3 aromatic rings. The number of hydrogen-bond acceptors (Lipinski definition) is 3. The van der Waals surface area contributed by atoms with E-state index in [0.29, 0.717) is 11.4 Å². The lowest BCUT2D eigenvalue weighted by Crippen LogP contribution is -2.34. The summed E-state index contributed by atoms with van der Waals surface area (Å²) < 4.78 is 0. The molecule has 0 bridgehead atoms. The molecule has 0 saturated heterocycles. The number of hydrogen-bond donors (Lipinski definition) is 0. The molecule has 144 valence electrons. The van der Waals surface area contributed by atoms with Gasteiger partial charge in [0, 0.05) is 6.42 Å². The fourth-order valence-corrected chi connectivity index (χ4v) is 3.59. The van der Waals surface area contributed by atoms with Crippen LogP contribution in [-0.4, -0.2) is 17.4 Å². The maximum atomic E-state index is 13.3. The van der Waals surface area contributed by atoms with Crippen LogP contribution in [-0.2, 0) is 22.4 Å². The van der Waals surface area contributed by atoms with Crippen molar-refractivity contribution in [2.24, 2.45) is 11.0 Å². The van der Waals surface area contributed by atoms with Crippen LogP contribution in [0.15, 0.2) is 90.0 Å². The highest BCUT2D eigenvalue weighted by atomic mass is 16.2. The summed E-state index contributed by atoms with van der Waals surface area (Å²) in [5, 5.41) is 5.92. The van der Waals surface area contributed by atoms with Crippen LogP contribution in [0, 0.1) is 5.92 Å². The van der Waals surface area contributed by atoms with Crippen molar-refractivity contribution in [3.05, 3.63) is 102 Å². The Balaban J connectivity index is 1.69. The van der Waals surface area contributed by atoms with E-state index in [1.165, 1.54) is 10.6 Å². The van der Waals surface area contributed by atoms with E-state index in [-0.39, 0.29) is 18.1 Å². The first-order chi connectivity index (χ1) is 14.2. The minimum absolute atomic E-state index is 0.135. The Hall–Kier alpha value is -3.53. The summed E-state index contributed by atoms with van der Waals surface area (Å²) in [6.45, 7) is 2.08. The van der Waals surface area contributed by atoms with Crippen LogP contribution in [0.25, 0.3) is 0 Å². The largest absolute Gasteiger partial charge is 0.298 e. The number of ketones is 1. The van der Waals surface area contributed by atoms with Gasteiger partial charge in [-0.2, -0.15) is 10.1 Å². The average Bonchev–Trinajstić information content (AvgIpc) is 3.12. The summed E-state index contributed by atoms with van der Waals surface area (Å²) in [5.74, 6) is -1.33. The van der Waals surface area contributed by atoms with E-state index >= 15 is 0 Å². The second-order valence-corrected chi connectivity index (χ2v) is 7.09. The molecule has 0 fully saturated rings. The SMILES string of the molecule is CCc1cccc(CC(=O)C2C(=O)N(c3ccccc3)N=C2c2ccccc2)c1. The maximum Gasteiger partial charge on any atom is 0.264 e. The van der Waals surface area contributed by atoms with E-state index in [1.807, 2.05) is 84.9 Å². The number of rotatable bonds is 6. The Labute approximate surface area is 170 Å². The fourth-order valence-electron chi connectivity index (χ4n) is 3.59. The molecule has 1 atom stereocenters. The van der Waals surface area contributed by atoms with Gasteiger partial charge in [0.15, 0.2) is 5.78 Å². The summed E-state index contributed by atoms with van der Waals surface area (Å²) in [6, 6.07) is 26.7. The molecular formula is C25H22N2O2. The number of amides is 1. The highest BCUT2D eigenvalue weighted by molar-refractivity contribution is 6.32. The molecule has 0 spiro atoms. The lowest BCUT2D eigenvalue weighted by Gasteiger charge is -2.14. The third-order valence-corrected chi connectivity index (χ3v) is 5.11. The van der Waals surface area contributed by atoms with Gasteiger partial charge in [0.05, 0.1) is 11.4 Å². The average molecular weight is 382 g/mol. The van der Waals surface area contributed by atoms with Gasteiger partial charge in [-0.05, 0) is 35.2 Å². The molecule has 0 aromatic heterocycles. The van der Waals surface area contributed by atoms with E-state index in [4.69, 9.17) is 0 Å². The molecule has 0 saturated carbocycles. The third kappa shape index (κ3) is 3.87. The fraction of sp³-hybridized carbons (Fsp3) is 0.160. The molecule has 4 rings (SSSR count). The quantitative estimate of drug-likeness (QED) is 0.592. The molecule has 1 aliphatic heterocycles. The van der Waals surface area contributed by atoms with E-state index in [9.17, 15) is 9.59 Å². The molecule has 1 heterocycles. The molecule has 29 heavy (non-hydrogen) atoms. The number of carbonyl (C=O) groups is 2. The first kappa shape index (κ1) is 18.8. The van der Waals surface area contributed by atoms with Crippen LogP contribution >= 0.6 is 0 Å². The van der Waals surface area contributed by atoms with Crippen molar-refractivity contribution in [3.63, 3.8) is 0 Å². The number of carbonyl (C=O) groups excluding carboxylic acids is 2. The monoisotopic (exact) mass is 382 g/mol. The van der Waals surface area contributed by atoms with Crippen LogP contribution in [0.2, 0.25) is 0 Å². The zero-order chi connectivity index (χ0) is 20.2. The van der Waals surface area contributed by atoms with Gasteiger partial charge >= 0.3 is 0 Å². The van der Waals surface area contributed by atoms with Gasteiger partial charge in [-0.25, -0.2) is 0 Å². The summed E-state index contributed by atoms with van der Waals surface area (Å²) in [6.07, 6.45) is 1.11. The Morgan fingerprint density at radius 1 is 0.897 bits per heavy atom. The van der Waals surface area contributed by atoms with Gasteiger partial charge in [-0.1, -0.05) is 79.7 Å². The minimum Gasteiger partial charge on any atom is -0.298 e. The third-order valence-electron chi connectivity index (χ3n) is 5.11. The van der Waals surface area contributed by atoms with Gasteiger partial charge in [-0.3, -0.25) is 9.59 Å². The molecule has 0 aliphatic carbocycles. The van der Waals surface area contributed by atoms with Gasteiger partial charge in [0.2, 0.25) is 0 Å². The van der Waals surface area contributed by atoms with Crippen LogP contribution in [0.5, 0.6) is 0 Å². The summed E-state index contributed by atoms with van der Waals surface area (Å²) in [5.41, 5.74) is 4.06. The molecule has 1 aliphatic rings. The summed E-state index contributed by atoms with van der Waals surface area (Å²) in [7, 11) is 0. The Bertz CT molecular complexity index is 1060. The second kappa shape index (κ2) is 8.23. The van der Waals surface area contributed by atoms with Crippen molar-refractivity contribution >= 4 is 23.1 Å². The van der Waals surface area contributed by atoms with Gasteiger partial charge < -0.3 is 0 Å². The second-order valence-electron chi connectivity index (χ2n) is 7.09. The molecule has 3 aromatic carbocycles. The van der Waals surface area contributed by atoms with Crippen LogP contribution < -0.4 is 5.01 Å². The van der Waals surface area contributed by atoms with Crippen LogP contribution in [0.4, 0.5) is 5.69 Å². The normalized spacial score (nSPS) is 16.0. The number of anilines is 1. The smallest absolute Gasteiger partial charge is 0.264 e. The Morgan fingerprint density at radius 2 is 1.55 bits per heavy atom. The minimum atomic E-state index is -0.900. The lowest BCUT2D eigenvalue weighted by atomic mass is 9.89. The van der Waals surface area contributed by atoms with Crippen molar-refractivity contribution in [2.45, 2.75) is 19.8 Å². The van der Waals surface area contributed by atoms with Crippen molar-refractivity contribution in [1.29, 1.82) is 0 Å². The predicted molar refractivity (Wildman–Crippen MR) is 115 cm³/mol.